The number of hydrogen-bond acceptors (Lipinski definition) is 5. The second-order valence-electron chi connectivity index (χ2n) is 8.56. The highest BCUT2D eigenvalue weighted by atomic mass is 19.3. The number of pyridine rings is 2. The number of likely N-dealkylation sites (tertiary alicyclic amines) is 1. The van der Waals surface area contributed by atoms with E-state index in [-0.39, 0.29) is 44.3 Å². The van der Waals surface area contributed by atoms with Gasteiger partial charge in [0.05, 0.1) is 35.2 Å². The average molecular weight is 479 g/mol. The lowest BCUT2D eigenvalue weighted by Gasteiger charge is -2.31. The van der Waals surface area contributed by atoms with Gasteiger partial charge in [-0.2, -0.15) is 5.10 Å². The van der Waals surface area contributed by atoms with Crippen molar-refractivity contribution in [2.24, 2.45) is 7.05 Å². The van der Waals surface area contributed by atoms with Gasteiger partial charge in [0, 0.05) is 63.2 Å². The van der Waals surface area contributed by atoms with Gasteiger partial charge in [0.25, 0.3) is 17.7 Å². The molecule has 0 saturated carbocycles. The Hall–Kier alpha value is -4.15. The summed E-state index contributed by atoms with van der Waals surface area (Å²) in [5, 5.41) is 7.57. The van der Waals surface area contributed by atoms with Crippen LogP contribution in [0.5, 0.6) is 0 Å². The number of hydrogen-bond donors (Lipinski definition) is 1. The third-order valence-electron chi connectivity index (χ3n) is 6.03. The summed E-state index contributed by atoms with van der Waals surface area (Å²) >= 11 is 0. The maximum absolute atomic E-state index is 13.4. The number of alkyl halides is 2. The molecular formula is C24H23F2N7O2. The number of nitrogens with zero attached hydrogens (tertiary/aromatic N) is 6. The van der Waals surface area contributed by atoms with Gasteiger partial charge in [0.15, 0.2) is 0 Å². The Morgan fingerprint density at radius 2 is 1.89 bits per heavy atom. The minimum atomic E-state index is -2.71. The van der Waals surface area contributed by atoms with E-state index in [4.69, 9.17) is 0 Å². The van der Waals surface area contributed by atoms with E-state index in [1.54, 1.807) is 30.2 Å². The van der Waals surface area contributed by atoms with E-state index in [1.165, 1.54) is 17.3 Å². The Labute approximate surface area is 199 Å². The van der Waals surface area contributed by atoms with Gasteiger partial charge in [-0.05, 0) is 24.3 Å². The Balaban J connectivity index is 1.31. The van der Waals surface area contributed by atoms with Crippen LogP contribution in [0.2, 0.25) is 0 Å². The van der Waals surface area contributed by atoms with Crippen molar-refractivity contribution in [1.82, 2.24) is 34.5 Å². The first kappa shape index (κ1) is 22.6. The largest absolute Gasteiger partial charge is 0.346 e. The number of halogens is 2. The quantitative estimate of drug-likeness (QED) is 0.475. The third kappa shape index (κ3) is 4.75. The van der Waals surface area contributed by atoms with E-state index in [1.807, 2.05) is 29.0 Å². The van der Waals surface area contributed by atoms with Crippen molar-refractivity contribution in [1.29, 1.82) is 0 Å². The minimum Gasteiger partial charge on any atom is -0.346 e. The van der Waals surface area contributed by atoms with Crippen LogP contribution in [0.15, 0.2) is 55.2 Å². The molecule has 11 heteroatoms. The molecule has 2 amide bonds. The highest BCUT2D eigenvalue weighted by Crippen LogP contribution is 2.29. The highest BCUT2D eigenvalue weighted by Gasteiger charge is 2.35. The molecule has 4 aromatic rings. The summed E-state index contributed by atoms with van der Waals surface area (Å²) < 4.78 is 30.3. The SMILES string of the molecule is Cn1cc(C(=O)NCc2cc(-n3ccc4cc(C(=O)N5CCC(F)(F)CC5)cnc43)ccn2)cn1. The lowest BCUT2D eigenvalue weighted by Crippen LogP contribution is -2.42. The fourth-order valence-corrected chi connectivity index (χ4v) is 4.09. The van der Waals surface area contributed by atoms with E-state index < -0.39 is 5.92 Å². The third-order valence-corrected chi connectivity index (χ3v) is 6.03. The fourth-order valence-electron chi connectivity index (χ4n) is 4.09. The second kappa shape index (κ2) is 8.90. The van der Waals surface area contributed by atoms with Crippen molar-refractivity contribution in [2.45, 2.75) is 25.3 Å². The lowest BCUT2D eigenvalue weighted by molar-refractivity contribution is -0.0494. The van der Waals surface area contributed by atoms with Crippen LogP contribution in [0.3, 0.4) is 0 Å². The predicted octanol–water partition coefficient (Wildman–Crippen LogP) is 2.96. The molecule has 0 bridgehead atoms. The molecule has 0 radical (unpaired) electrons. The van der Waals surface area contributed by atoms with Gasteiger partial charge in [-0.3, -0.25) is 19.3 Å². The lowest BCUT2D eigenvalue weighted by atomic mass is 10.1. The van der Waals surface area contributed by atoms with Gasteiger partial charge < -0.3 is 14.8 Å². The molecule has 35 heavy (non-hydrogen) atoms. The van der Waals surface area contributed by atoms with Crippen LogP contribution in [0.4, 0.5) is 8.78 Å². The zero-order valence-electron chi connectivity index (χ0n) is 19.0. The molecular weight excluding hydrogens is 456 g/mol. The van der Waals surface area contributed by atoms with Crippen molar-refractivity contribution < 1.29 is 18.4 Å². The molecule has 0 aliphatic carbocycles. The number of carbonyl (C=O) groups is 2. The smallest absolute Gasteiger partial charge is 0.255 e. The van der Waals surface area contributed by atoms with Gasteiger partial charge in [-0.25, -0.2) is 13.8 Å². The first-order valence-electron chi connectivity index (χ1n) is 11.2. The normalized spacial score (nSPS) is 15.3. The summed E-state index contributed by atoms with van der Waals surface area (Å²) in [7, 11) is 1.74. The summed E-state index contributed by atoms with van der Waals surface area (Å²) in [5.41, 5.74) is 2.94. The maximum Gasteiger partial charge on any atom is 0.255 e. The topological polar surface area (TPSA) is 97.9 Å². The molecule has 0 atom stereocenters. The number of nitrogens with one attached hydrogen (secondary N) is 1. The van der Waals surface area contributed by atoms with Crippen LogP contribution >= 0.6 is 0 Å². The van der Waals surface area contributed by atoms with Crippen molar-refractivity contribution in [3.63, 3.8) is 0 Å². The zero-order chi connectivity index (χ0) is 24.6. The Bertz CT molecular complexity index is 1400. The Morgan fingerprint density at radius 1 is 1.09 bits per heavy atom. The van der Waals surface area contributed by atoms with Gasteiger partial charge in [0.2, 0.25) is 0 Å². The maximum atomic E-state index is 13.4. The van der Waals surface area contributed by atoms with E-state index in [2.05, 4.69) is 20.4 Å². The first-order valence-corrected chi connectivity index (χ1v) is 11.2. The second-order valence-corrected chi connectivity index (χ2v) is 8.56. The minimum absolute atomic E-state index is 0.0298. The van der Waals surface area contributed by atoms with Crippen LogP contribution in [0.25, 0.3) is 16.7 Å². The Morgan fingerprint density at radius 3 is 2.63 bits per heavy atom. The van der Waals surface area contributed by atoms with Crippen LogP contribution in [-0.2, 0) is 13.6 Å². The van der Waals surface area contributed by atoms with Crippen LogP contribution in [0.1, 0.15) is 39.3 Å². The molecule has 0 unspecified atom stereocenters. The number of fused-ring (bicyclic) bond motifs is 1. The first-order chi connectivity index (χ1) is 16.8. The summed E-state index contributed by atoms with van der Waals surface area (Å²) in [6.45, 7) is 0.297. The molecule has 0 spiro atoms. The Kier molecular flexibility index (Phi) is 5.75. The molecule has 1 fully saturated rings. The number of piperidine rings is 1. The molecule has 5 heterocycles. The number of aryl methyl sites for hydroxylation is 1. The number of aromatic nitrogens is 5. The predicted molar refractivity (Wildman–Crippen MR) is 123 cm³/mol. The molecule has 1 aliphatic heterocycles. The van der Waals surface area contributed by atoms with Crippen LogP contribution < -0.4 is 5.32 Å². The number of amides is 2. The molecule has 0 aromatic carbocycles. The van der Waals surface area contributed by atoms with Crippen molar-refractivity contribution in [2.75, 3.05) is 13.1 Å². The van der Waals surface area contributed by atoms with Gasteiger partial charge in [0.1, 0.15) is 5.65 Å². The van der Waals surface area contributed by atoms with E-state index in [9.17, 15) is 18.4 Å². The standard InChI is InChI=1S/C24H23F2N7O2/c1-31-15-18(13-30-31)22(34)29-14-19-11-20(2-6-27-19)33-7-3-16-10-17(12-28-21(16)33)23(35)32-8-4-24(25,26)5-9-32/h2-3,6-7,10-13,15H,4-5,8-9,14H2,1H3,(H,29,34). The van der Waals surface area contributed by atoms with Gasteiger partial charge in [-0.1, -0.05) is 0 Å². The van der Waals surface area contributed by atoms with Crippen molar-refractivity contribution >= 4 is 22.8 Å². The van der Waals surface area contributed by atoms with Crippen molar-refractivity contribution in [3.8, 4) is 5.69 Å². The highest BCUT2D eigenvalue weighted by molar-refractivity contribution is 5.97. The number of carbonyl (C=O) groups excluding carboxylic acids is 2. The van der Waals surface area contributed by atoms with E-state index >= 15 is 0 Å². The average Bonchev–Trinajstić information content (AvgIpc) is 3.48. The monoisotopic (exact) mass is 479 g/mol. The summed E-state index contributed by atoms with van der Waals surface area (Å²) in [5.74, 6) is -3.24. The summed E-state index contributed by atoms with van der Waals surface area (Å²) in [4.78, 5) is 35.3. The summed E-state index contributed by atoms with van der Waals surface area (Å²) in [6.07, 6.45) is 7.45. The molecule has 1 aliphatic rings. The zero-order valence-corrected chi connectivity index (χ0v) is 19.0. The molecule has 1 saturated heterocycles. The van der Waals surface area contributed by atoms with Crippen LogP contribution in [0, 0.1) is 0 Å². The van der Waals surface area contributed by atoms with E-state index in [0.717, 1.165) is 11.1 Å². The fraction of sp³-hybridized carbons (Fsp3) is 0.292. The van der Waals surface area contributed by atoms with Crippen LogP contribution in [-0.4, -0.2) is 60.0 Å². The molecule has 4 aromatic heterocycles. The molecule has 9 nitrogen and oxygen atoms in total. The summed E-state index contributed by atoms with van der Waals surface area (Å²) in [6, 6.07) is 7.23. The number of rotatable bonds is 5. The molecule has 1 N–H and O–H groups in total. The van der Waals surface area contributed by atoms with E-state index in [0.29, 0.717) is 22.5 Å². The molecule has 5 rings (SSSR count). The van der Waals surface area contributed by atoms with Gasteiger partial charge >= 0.3 is 0 Å². The van der Waals surface area contributed by atoms with Crippen molar-refractivity contribution in [3.05, 3.63) is 72.1 Å². The molecule has 180 valence electrons. The van der Waals surface area contributed by atoms with Gasteiger partial charge in [-0.15, -0.1) is 0 Å².